The van der Waals surface area contributed by atoms with Gasteiger partial charge in [-0.15, -0.1) is 0 Å². The third-order valence-electron chi connectivity index (χ3n) is 8.70. The molecule has 1 aliphatic heterocycles. The second-order valence-electron chi connectivity index (χ2n) is 12.6. The Morgan fingerprint density at radius 1 is 1.04 bits per heavy atom. The maximum absolute atomic E-state index is 13.6. The molecule has 3 aromatic rings. The Hall–Kier alpha value is -4.55. The molecule has 0 saturated carbocycles. The van der Waals surface area contributed by atoms with Gasteiger partial charge in [0.15, 0.2) is 0 Å². The van der Waals surface area contributed by atoms with Gasteiger partial charge in [-0.2, -0.15) is 26.3 Å². The van der Waals surface area contributed by atoms with Crippen LogP contribution >= 0.6 is 0 Å². The van der Waals surface area contributed by atoms with Gasteiger partial charge in [0.2, 0.25) is 0 Å². The second kappa shape index (κ2) is 12.2. The van der Waals surface area contributed by atoms with Crippen LogP contribution in [-0.2, 0) is 17.1 Å². The minimum atomic E-state index is -5.05. The lowest BCUT2D eigenvalue weighted by atomic mass is 9.72. The first-order valence-electron chi connectivity index (χ1n) is 14.7. The van der Waals surface area contributed by atoms with Crippen molar-refractivity contribution in [3.63, 3.8) is 0 Å². The van der Waals surface area contributed by atoms with E-state index in [1.165, 1.54) is 31.1 Å². The fourth-order valence-electron chi connectivity index (χ4n) is 6.18. The first kappa shape index (κ1) is 33.8. The smallest absolute Gasteiger partial charge is 0.416 e. The van der Waals surface area contributed by atoms with Gasteiger partial charge in [-0.3, -0.25) is 9.88 Å². The highest BCUT2D eigenvalue weighted by Gasteiger charge is 2.44. The van der Waals surface area contributed by atoms with Crippen LogP contribution in [0.25, 0.3) is 16.8 Å². The van der Waals surface area contributed by atoms with Gasteiger partial charge in [0.25, 0.3) is 0 Å². The second-order valence-corrected chi connectivity index (χ2v) is 12.6. The number of carbonyl (C=O) groups excluding carboxylic acids is 1. The molecule has 1 aliphatic carbocycles. The molecule has 0 radical (unpaired) electrons. The average molecular weight is 663 g/mol. The quantitative estimate of drug-likeness (QED) is 0.254. The van der Waals surface area contributed by atoms with Crippen LogP contribution in [0.1, 0.15) is 78.7 Å². The number of pyridine rings is 1. The van der Waals surface area contributed by atoms with Crippen LogP contribution < -0.4 is 4.74 Å². The number of carbonyl (C=O) groups is 2. The third kappa shape index (κ3) is 7.08. The predicted octanol–water partition coefficient (Wildman–Crippen LogP) is 9.04. The van der Waals surface area contributed by atoms with Crippen LogP contribution in [0.5, 0.6) is 5.75 Å². The van der Waals surface area contributed by atoms with E-state index in [2.05, 4.69) is 18.8 Å². The Balaban J connectivity index is 1.53. The highest BCUT2D eigenvalue weighted by Crippen LogP contribution is 2.47. The normalized spacial score (nSPS) is 20.0. The molecular formula is C34H32F6N2O5. The van der Waals surface area contributed by atoms with Gasteiger partial charge >= 0.3 is 24.4 Å². The number of ether oxygens (including phenoxy) is 2. The number of nitrogens with zero attached hydrogens (tertiary/aromatic N) is 2. The van der Waals surface area contributed by atoms with E-state index in [9.17, 15) is 41.0 Å². The van der Waals surface area contributed by atoms with Gasteiger partial charge in [0.1, 0.15) is 11.9 Å². The minimum Gasteiger partial charge on any atom is -0.495 e. The minimum absolute atomic E-state index is 0.0223. The van der Waals surface area contributed by atoms with E-state index in [1.54, 1.807) is 18.3 Å². The number of hydrogen-bond donors (Lipinski definition) is 1. The van der Waals surface area contributed by atoms with E-state index >= 15 is 0 Å². The number of allylic oxidation sites excluding steroid dienone is 1. The van der Waals surface area contributed by atoms with Crippen LogP contribution in [-0.4, -0.2) is 46.7 Å². The summed E-state index contributed by atoms with van der Waals surface area (Å²) < 4.78 is 92.6. The molecular weight excluding hydrogens is 630 g/mol. The van der Waals surface area contributed by atoms with E-state index in [0.29, 0.717) is 47.5 Å². The number of halogens is 6. The summed E-state index contributed by atoms with van der Waals surface area (Å²) in [4.78, 5) is 30.3. The lowest BCUT2D eigenvalue weighted by molar-refractivity contribution is -0.143. The van der Waals surface area contributed by atoms with Gasteiger partial charge in [0, 0.05) is 17.7 Å². The fourth-order valence-corrected chi connectivity index (χ4v) is 6.18. The van der Waals surface area contributed by atoms with Gasteiger partial charge in [0.05, 0.1) is 41.7 Å². The summed E-state index contributed by atoms with van der Waals surface area (Å²) in [6.45, 7) is 5.69. The van der Waals surface area contributed by atoms with Crippen molar-refractivity contribution in [2.24, 2.45) is 5.41 Å². The Morgan fingerprint density at radius 3 is 2.21 bits per heavy atom. The zero-order valence-corrected chi connectivity index (χ0v) is 25.9. The van der Waals surface area contributed by atoms with Gasteiger partial charge in [-0.05, 0) is 84.7 Å². The maximum atomic E-state index is 13.6. The van der Waals surface area contributed by atoms with Gasteiger partial charge in [-0.1, -0.05) is 26.0 Å². The van der Waals surface area contributed by atoms with E-state index in [4.69, 9.17) is 9.47 Å². The summed E-state index contributed by atoms with van der Waals surface area (Å²) in [5.74, 6) is -0.605. The van der Waals surface area contributed by atoms with Crippen molar-refractivity contribution >= 4 is 17.6 Å². The summed E-state index contributed by atoms with van der Waals surface area (Å²) in [5.41, 5.74) is 0.191. The number of aromatic carboxylic acids is 1. The number of carboxylic acids is 1. The molecule has 7 nitrogen and oxygen atoms in total. The Kier molecular flexibility index (Phi) is 8.80. The molecule has 2 aliphatic rings. The lowest BCUT2D eigenvalue weighted by Gasteiger charge is -2.36. The lowest BCUT2D eigenvalue weighted by Crippen LogP contribution is -2.35. The van der Waals surface area contributed by atoms with Crippen LogP contribution in [0, 0.1) is 5.41 Å². The molecule has 1 aromatic heterocycles. The molecule has 0 unspecified atom stereocenters. The number of methoxy groups -OCH3 is 1. The molecule has 1 saturated heterocycles. The topological polar surface area (TPSA) is 89.0 Å². The molecule has 1 amide bonds. The molecule has 0 spiro atoms. The molecule has 1 fully saturated rings. The first-order chi connectivity index (χ1) is 21.9. The third-order valence-corrected chi connectivity index (χ3v) is 8.70. The monoisotopic (exact) mass is 662 g/mol. The highest BCUT2D eigenvalue weighted by atomic mass is 19.4. The van der Waals surface area contributed by atoms with E-state index in [0.717, 1.165) is 17.6 Å². The Bertz CT molecular complexity index is 1700. The number of alkyl halides is 6. The maximum Gasteiger partial charge on any atom is 0.416 e. The van der Waals surface area contributed by atoms with Gasteiger partial charge in [-0.25, -0.2) is 9.59 Å². The Labute approximate surface area is 266 Å². The van der Waals surface area contributed by atoms with Crippen molar-refractivity contribution in [2.75, 3.05) is 13.7 Å². The zero-order chi connectivity index (χ0) is 34.5. The van der Waals surface area contributed by atoms with Crippen molar-refractivity contribution in [1.82, 2.24) is 9.88 Å². The van der Waals surface area contributed by atoms with Crippen LogP contribution in [0.4, 0.5) is 31.1 Å². The van der Waals surface area contributed by atoms with Crippen molar-refractivity contribution in [3.8, 4) is 17.0 Å². The fraction of sp³-hybridized carbons (Fsp3) is 0.382. The summed E-state index contributed by atoms with van der Waals surface area (Å²) in [6, 6.07) is 8.36. The SMILES string of the molecule is COc1cnc(-c2ccc(C(=O)O)cc2)cc1C1=C(CN2C(=O)O[C@H](c3cc(C(F)(F)F)cc(C(F)(F)F)c3)[C@@H]2C)CC(C)(C)CC1. The number of benzene rings is 2. The number of carboxylic acid groups (broad SMARTS) is 1. The molecule has 13 heteroatoms. The summed E-state index contributed by atoms with van der Waals surface area (Å²) >= 11 is 0. The summed E-state index contributed by atoms with van der Waals surface area (Å²) in [5, 5.41) is 9.26. The molecule has 2 atom stereocenters. The molecule has 5 rings (SSSR count). The van der Waals surface area contributed by atoms with Crippen molar-refractivity contribution in [2.45, 2.75) is 64.5 Å². The standard InChI is InChI=1S/C34H32F6N2O5/c1-18-29(21-11-23(33(35,36)37)13-24(12-21)34(38,39)40)47-31(45)42(18)17-22-15-32(2,3)10-9-25(22)26-14-27(41-16-28(26)46-4)19-5-7-20(8-6-19)30(43)44/h5-8,11-14,16,18,29H,9-10,15,17H2,1-4H3,(H,43,44)/t18-,29-/m0/s1. The summed E-state index contributed by atoms with van der Waals surface area (Å²) in [7, 11) is 1.49. The average Bonchev–Trinajstić information content (AvgIpc) is 3.28. The van der Waals surface area contributed by atoms with Crippen LogP contribution in [0.3, 0.4) is 0 Å². The molecule has 1 N–H and O–H groups in total. The predicted molar refractivity (Wildman–Crippen MR) is 160 cm³/mol. The first-order valence-corrected chi connectivity index (χ1v) is 14.7. The number of hydrogen-bond acceptors (Lipinski definition) is 5. The zero-order valence-electron chi connectivity index (χ0n) is 25.9. The molecule has 47 heavy (non-hydrogen) atoms. The summed E-state index contributed by atoms with van der Waals surface area (Å²) in [6.07, 6.45) is -8.86. The number of rotatable bonds is 7. The molecule has 0 bridgehead atoms. The highest BCUT2D eigenvalue weighted by molar-refractivity contribution is 5.88. The van der Waals surface area contributed by atoms with Crippen molar-refractivity contribution in [1.29, 1.82) is 0 Å². The van der Waals surface area contributed by atoms with Gasteiger partial charge < -0.3 is 14.6 Å². The number of cyclic esters (lactones) is 1. The van der Waals surface area contributed by atoms with E-state index < -0.39 is 53.3 Å². The van der Waals surface area contributed by atoms with Crippen LogP contribution in [0.2, 0.25) is 0 Å². The molecule has 250 valence electrons. The largest absolute Gasteiger partial charge is 0.495 e. The number of aromatic nitrogens is 1. The molecule has 2 aromatic carbocycles. The Morgan fingerprint density at radius 2 is 1.66 bits per heavy atom. The number of amides is 1. The van der Waals surface area contributed by atoms with Crippen molar-refractivity contribution < 1.29 is 50.5 Å². The van der Waals surface area contributed by atoms with Crippen LogP contribution in [0.15, 0.2) is 60.3 Å². The molecule has 2 heterocycles. The van der Waals surface area contributed by atoms with Crippen molar-refractivity contribution in [3.05, 3.63) is 88.1 Å². The van der Waals surface area contributed by atoms with E-state index in [-0.39, 0.29) is 23.6 Å². The van der Waals surface area contributed by atoms with E-state index in [1.807, 2.05) is 6.07 Å².